The van der Waals surface area contributed by atoms with Gasteiger partial charge in [-0.25, -0.2) is 0 Å². The van der Waals surface area contributed by atoms with Gasteiger partial charge in [-0.3, -0.25) is 14.4 Å². The topological polar surface area (TPSA) is 69.7 Å². The largest absolute Gasteiger partial charge is 0.340 e. The second-order valence-electron chi connectivity index (χ2n) is 9.59. The third kappa shape index (κ3) is 7.86. The molecule has 2 rings (SSSR count). The molecule has 184 valence electrons. The van der Waals surface area contributed by atoms with Crippen LogP contribution >= 0.6 is 0 Å². The van der Waals surface area contributed by atoms with Crippen LogP contribution in [-0.2, 0) is 9.59 Å². The highest BCUT2D eigenvalue weighted by Gasteiger charge is 2.35. The van der Waals surface area contributed by atoms with Gasteiger partial charge in [-0.1, -0.05) is 70.6 Å². The summed E-state index contributed by atoms with van der Waals surface area (Å²) in [5.74, 6) is -0.0656. The summed E-state index contributed by atoms with van der Waals surface area (Å²) >= 11 is 0. The first-order valence-electron chi connectivity index (χ1n) is 12.7. The summed E-state index contributed by atoms with van der Waals surface area (Å²) in [5.41, 5.74) is 1.65. The minimum atomic E-state index is -0.572. The van der Waals surface area contributed by atoms with Gasteiger partial charge in [0.15, 0.2) is 0 Å². The van der Waals surface area contributed by atoms with Crippen LogP contribution in [0.4, 0.5) is 0 Å². The van der Waals surface area contributed by atoms with E-state index >= 15 is 0 Å². The fourth-order valence-electron chi connectivity index (χ4n) is 4.36. The van der Waals surface area contributed by atoms with Gasteiger partial charge in [0.05, 0.1) is 0 Å². The molecule has 0 unspecified atom stereocenters. The number of amides is 3. The van der Waals surface area contributed by atoms with Crippen LogP contribution in [0, 0.1) is 12.8 Å². The zero-order valence-electron chi connectivity index (χ0n) is 21.2. The van der Waals surface area contributed by atoms with E-state index in [-0.39, 0.29) is 29.7 Å². The van der Waals surface area contributed by atoms with Gasteiger partial charge in [-0.15, -0.1) is 0 Å². The molecular weight excluding hydrogens is 414 g/mol. The predicted octanol–water partition coefficient (Wildman–Crippen LogP) is 4.56. The Morgan fingerprint density at radius 1 is 1.03 bits per heavy atom. The number of piperazine rings is 1. The highest BCUT2D eigenvalue weighted by Crippen LogP contribution is 2.18. The van der Waals surface area contributed by atoms with Crippen molar-refractivity contribution >= 4 is 17.7 Å². The second kappa shape index (κ2) is 13.4. The van der Waals surface area contributed by atoms with E-state index in [2.05, 4.69) is 12.2 Å². The number of rotatable bonds is 11. The van der Waals surface area contributed by atoms with E-state index in [1.807, 2.05) is 49.6 Å². The first-order valence-corrected chi connectivity index (χ1v) is 12.7. The monoisotopic (exact) mass is 457 g/mol. The van der Waals surface area contributed by atoms with Crippen molar-refractivity contribution in [1.29, 1.82) is 0 Å². The standard InChI is InChI=1S/C27H43N3O3/c1-6-8-9-10-11-12-24(31)30-18-17-29(19-22(30)5)27(33)25(21(4)7-2)28-26(32)23-15-13-20(3)14-16-23/h13-16,21-22,25H,6-12,17-19H2,1-5H3,(H,28,32)/t21-,22-,25+/m0/s1. The van der Waals surface area contributed by atoms with Crippen molar-refractivity contribution in [2.45, 2.75) is 91.6 Å². The molecule has 0 radical (unpaired) electrons. The summed E-state index contributed by atoms with van der Waals surface area (Å²) in [6, 6.07) is 6.79. The lowest BCUT2D eigenvalue weighted by atomic mass is 9.96. The van der Waals surface area contributed by atoms with E-state index in [1.54, 1.807) is 12.1 Å². The van der Waals surface area contributed by atoms with Crippen LogP contribution in [0.25, 0.3) is 0 Å². The smallest absolute Gasteiger partial charge is 0.251 e. The van der Waals surface area contributed by atoms with E-state index in [9.17, 15) is 14.4 Å². The van der Waals surface area contributed by atoms with Gasteiger partial charge in [0, 0.05) is 37.7 Å². The first kappa shape index (κ1) is 26.9. The van der Waals surface area contributed by atoms with E-state index in [0.29, 0.717) is 31.6 Å². The van der Waals surface area contributed by atoms with Crippen LogP contribution in [-0.4, -0.2) is 59.2 Å². The number of nitrogens with one attached hydrogen (secondary N) is 1. The third-order valence-corrected chi connectivity index (χ3v) is 6.83. The number of carbonyl (C=O) groups is 3. The zero-order chi connectivity index (χ0) is 24.4. The average molecular weight is 458 g/mol. The van der Waals surface area contributed by atoms with Crippen molar-refractivity contribution in [3.8, 4) is 0 Å². The molecule has 1 aliphatic heterocycles. The predicted molar refractivity (Wildman–Crippen MR) is 133 cm³/mol. The van der Waals surface area contributed by atoms with E-state index < -0.39 is 6.04 Å². The Labute approximate surface area is 200 Å². The van der Waals surface area contributed by atoms with Gasteiger partial charge in [0.1, 0.15) is 6.04 Å². The molecule has 0 saturated carbocycles. The summed E-state index contributed by atoms with van der Waals surface area (Å²) in [7, 11) is 0. The van der Waals surface area contributed by atoms with Crippen molar-refractivity contribution in [2.75, 3.05) is 19.6 Å². The Bertz CT molecular complexity index is 777. The molecule has 6 nitrogen and oxygen atoms in total. The molecule has 1 aliphatic rings. The molecule has 1 N–H and O–H groups in total. The average Bonchev–Trinajstić information content (AvgIpc) is 2.81. The molecular formula is C27H43N3O3. The van der Waals surface area contributed by atoms with Gasteiger partial charge in [0.2, 0.25) is 11.8 Å². The number of hydrogen-bond acceptors (Lipinski definition) is 3. The van der Waals surface area contributed by atoms with Gasteiger partial charge < -0.3 is 15.1 Å². The Kier molecular flexibility index (Phi) is 10.9. The minimum Gasteiger partial charge on any atom is -0.340 e. The molecule has 1 fully saturated rings. The molecule has 3 atom stereocenters. The summed E-state index contributed by atoms with van der Waals surface area (Å²) in [6.45, 7) is 11.8. The third-order valence-electron chi connectivity index (χ3n) is 6.83. The number of nitrogens with zero attached hydrogens (tertiary/aromatic N) is 2. The Morgan fingerprint density at radius 2 is 1.70 bits per heavy atom. The van der Waals surface area contributed by atoms with Crippen LogP contribution in [0.1, 0.15) is 88.6 Å². The lowest BCUT2D eigenvalue weighted by molar-refractivity contribution is -0.144. The number of unbranched alkanes of at least 4 members (excludes halogenated alkanes) is 4. The Morgan fingerprint density at radius 3 is 2.30 bits per heavy atom. The Hall–Kier alpha value is -2.37. The van der Waals surface area contributed by atoms with Crippen molar-refractivity contribution < 1.29 is 14.4 Å². The van der Waals surface area contributed by atoms with E-state index in [1.165, 1.54) is 19.3 Å². The molecule has 0 aliphatic carbocycles. The van der Waals surface area contributed by atoms with Crippen LogP contribution in [0.3, 0.4) is 0 Å². The maximum Gasteiger partial charge on any atom is 0.251 e. The van der Waals surface area contributed by atoms with Gasteiger partial charge >= 0.3 is 0 Å². The quantitative estimate of drug-likeness (QED) is 0.495. The molecule has 0 spiro atoms. The normalized spacial score (nSPS) is 18.0. The van der Waals surface area contributed by atoms with Gasteiger partial charge in [0.25, 0.3) is 5.91 Å². The van der Waals surface area contributed by atoms with Crippen molar-refractivity contribution in [1.82, 2.24) is 15.1 Å². The Balaban J connectivity index is 1.96. The second-order valence-corrected chi connectivity index (χ2v) is 9.59. The summed E-state index contributed by atoms with van der Waals surface area (Å²) in [6.07, 6.45) is 7.02. The van der Waals surface area contributed by atoms with Crippen molar-refractivity contribution in [3.05, 3.63) is 35.4 Å². The van der Waals surface area contributed by atoms with Crippen molar-refractivity contribution in [3.63, 3.8) is 0 Å². The summed E-state index contributed by atoms with van der Waals surface area (Å²) in [5, 5.41) is 2.98. The first-order chi connectivity index (χ1) is 15.8. The molecule has 3 amide bonds. The van der Waals surface area contributed by atoms with Crippen molar-refractivity contribution in [2.24, 2.45) is 5.92 Å². The van der Waals surface area contributed by atoms with Gasteiger partial charge in [-0.05, 0) is 38.3 Å². The minimum absolute atomic E-state index is 0.0174. The highest BCUT2D eigenvalue weighted by molar-refractivity contribution is 5.97. The number of hydrogen-bond donors (Lipinski definition) is 1. The van der Waals surface area contributed by atoms with E-state index in [4.69, 9.17) is 0 Å². The summed E-state index contributed by atoms with van der Waals surface area (Å²) in [4.78, 5) is 42.7. The molecule has 1 aromatic carbocycles. The number of benzene rings is 1. The fourth-order valence-corrected chi connectivity index (χ4v) is 4.36. The van der Waals surface area contributed by atoms with Crippen LogP contribution < -0.4 is 5.32 Å². The maximum atomic E-state index is 13.4. The molecule has 1 saturated heterocycles. The molecule has 1 aromatic rings. The van der Waals surface area contributed by atoms with Crippen LogP contribution in [0.5, 0.6) is 0 Å². The molecule has 1 heterocycles. The molecule has 6 heteroatoms. The molecule has 0 bridgehead atoms. The molecule has 33 heavy (non-hydrogen) atoms. The number of carbonyl (C=O) groups excluding carboxylic acids is 3. The fraction of sp³-hybridized carbons (Fsp3) is 0.667. The van der Waals surface area contributed by atoms with Crippen LogP contribution in [0.2, 0.25) is 0 Å². The lowest BCUT2D eigenvalue weighted by Gasteiger charge is -2.41. The van der Waals surface area contributed by atoms with Crippen LogP contribution in [0.15, 0.2) is 24.3 Å². The maximum absolute atomic E-state index is 13.4. The molecule has 0 aromatic heterocycles. The SMILES string of the molecule is CCCCCCCC(=O)N1CCN(C(=O)[C@H](NC(=O)c2ccc(C)cc2)[C@@H](C)CC)C[C@@H]1C. The highest BCUT2D eigenvalue weighted by atomic mass is 16.2. The van der Waals surface area contributed by atoms with Gasteiger partial charge in [-0.2, -0.15) is 0 Å². The zero-order valence-corrected chi connectivity index (χ0v) is 21.2. The summed E-state index contributed by atoms with van der Waals surface area (Å²) < 4.78 is 0. The lowest BCUT2D eigenvalue weighted by Crippen LogP contribution is -2.60. The number of aryl methyl sites for hydroxylation is 1. The van der Waals surface area contributed by atoms with E-state index in [0.717, 1.165) is 24.8 Å².